The summed E-state index contributed by atoms with van der Waals surface area (Å²) < 4.78 is 0. The Morgan fingerprint density at radius 2 is 1.00 bits per heavy atom. The van der Waals surface area contributed by atoms with E-state index < -0.39 is 0 Å². The minimum atomic E-state index is -0.0770. The van der Waals surface area contributed by atoms with Crippen LogP contribution in [0.15, 0.2) is 164 Å². The van der Waals surface area contributed by atoms with Crippen molar-refractivity contribution in [2.75, 3.05) is 0 Å². The minimum absolute atomic E-state index is 0.0770. The normalized spacial score (nSPS) is 12.9. The molecule has 1 aliphatic carbocycles. The van der Waals surface area contributed by atoms with Gasteiger partial charge in [0, 0.05) is 34.5 Å². The SMILES string of the molecule is CC1(C)c2cc(-c3ccc(-c4cc(-c5ccccc5)nc(-c5ccc(-c6ccncc6)cc5)n4)cc3)ccc2-c2c1ccc1ccccc21. The van der Waals surface area contributed by atoms with Crippen LogP contribution in [0.1, 0.15) is 25.0 Å². The molecule has 0 amide bonds. The van der Waals surface area contributed by atoms with Crippen LogP contribution in [-0.4, -0.2) is 15.0 Å². The number of rotatable bonds is 5. The largest absolute Gasteiger partial charge is 0.265 e. The molecule has 0 N–H and O–H groups in total. The molecule has 0 aliphatic heterocycles. The van der Waals surface area contributed by atoms with Gasteiger partial charge in [-0.3, -0.25) is 4.98 Å². The van der Waals surface area contributed by atoms with Gasteiger partial charge in [0.05, 0.1) is 11.4 Å². The summed E-state index contributed by atoms with van der Waals surface area (Å²) in [6.45, 7) is 4.70. The van der Waals surface area contributed by atoms with Gasteiger partial charge >= 0.3 is 0 Å². The maximum absolute atomic E-state index is 5.10. The first kappa shape index (κ1) is 29.0. The molecule has 0 saturated heterocycles. The topological polar surface area (TPSA) is 38.7 Å². The van der Waals surface area contributed by atoms with Crippen molar-refractivity contribution in [1.82, 2.24) is 15.0 Å². The van der Waals surface area contributed by atoms with E-state index in [1.807, 2.05) is 42.7 Å². The summed E-state index contributed by atoms with van der Waals surface area (Å²) in [5, 5.41) is 2.61. The summed E-state index contributed by atoms with van der Waals surface area (Å²) in [5.41, 5.74) is 15.0. The average Bonchev–Trinajstić information content (AvgIpc) is 3.41. The molecule has 0 unspecified atom stereocenters. The summed E-state index contributed by atoms with van der Waals surface area (Å²) >= 11 is 0. The second-order valence-corrected chi connectivity index (χ2v) is 13.3. The third kappa shape index (κ3) is 5.03. The van der Waals surface area contributed by atoms with E-state index in [2.05, 4.69) is 140 Å². The second-order valence-electron chi connectivity index (χ2n) is 13.3. The van der Waals surface area contributed by atoms with Gasteiger partial charge in [-0.2, -0.15) is 0 Å². The quantitative estimate of drug-likeness (QED) is 0.191. The van der Waals surface area contributed by atoms with Crippen LogP contribution < -0.4 is 0 Å². The highest BCUT2D eigenvalue weighted by Gasteiger charge is 2.36. The number of hydrogen-bond acceptors (Lipinski definition) is 3. The number of benzene rings is 6. The molecule has 8 aromatic rings. The van der Waals surface area contributed by atoms with Crippen molar-refractivity contribution in [2.45, 2.75) is 19.3 Å². The third-order valence-corrected chi connectivity index (χ3v) is 10.0. The van der Waals surface area contributed by atoms with Crippen LogP contribution in [0.5, 0.6) is 0 Å². The van der Waals surface area contributed by atoms with Crippen LogP contribution >= 0.6 is 0 Å². The smallest absolute Gasteiger partial charge is 0.160 e. The van der Waals surface area contributed by atoms with Crippen LogP contribution in [0.4, 0.5) is 0 Å². The fraction of sp³-hybridized carbons (Fsp3) is 0.0652. The number of fused-ring (bicyclic) bond motifs is 5. The van der Waals surface area contributed by atoms with Crippen molar-refractivity contribution < 1.29 is 0 Å². The van der Waals surface area contributed by atoms with Crippen molar-refractivity contribution in [2.24, 2.45) is 0 Å². The Balaban J connectivity index is 1.08. The average molecular weight is 628 g/mol. The molecular weight excluding hydrogens is 595 g/mol. The first-order chi connectivity index (χ1) is 24.0. The van der Waals surface area contributed by atoms with Crippen LogP contribution in [0.2, 0.25) is 0 Å². The number of nitrogens with zero attached hydrogens (tertiary/aromatic N) is 3. The van der Waals surface area contributed by atoms with Gasteiger partial charge in [0.2, 0.25) is 0 Å². The van der Waals surface area contributed by atoms with Gasteiger partial charge in [0.1, 0.15) is 0 Å². The standard InChI is InChI=1S/C46H33N3/c1-46(2)40-23-21-33-8-6-7-11-38(33)44(40)39-22-20-37(28-41(39)46)31-12-16-35(17-13-31)43-29-42(34-9-4-3-5-10-34)48-45(49-43)36-18-14-30(15-19-36)32-24-26-47-27-25-32/h3-29H,1-2H3. The maximum atomic E-state index is 5.10. The first-order valence-electron chi connectivity index (χ1n) is 16.8. The Labute approximate surface area is 286 Å². The van der Waals surface area contributed by atoms with E-state index in [9.17, 15) is 0 Å². The van der Waals surface area contributed by atoms with E-state index >= 15 is 0 Å². The van der Waals surface area contributed by atoms with Crippen molar-refractivity contribution in [3.05, 3.63) is 175 Å². The van der Waals surface area contributed by atoms with E-state index in [0.717, 1.165) is 39.2 Å². The van der Waals surface area contributed by atoms with E-state index in [4.69, 9.17) is 9.97 Å². The van der Waals surface area contributed by atoms with Gasteiger partial charge in [0.25, 0.3) is 0 Å². The molecule has 9 rings (SSSR count). The van der Waals surface area contributed by atoms with Crippen molar-refractivity contribution in [3.63, 3.8) is 0 Å². The summed E-state index contributed by atoms with van der Waals surface area (Å²) in [6.07, 6.45) is 3.64. The molecule has 6 aromatic carbocycles. The van der Waals surface area contributed by atoms with E-state index in [0.29, 0.717) is 5.82 Å². The van der Waals surface area contributed by atoms with Gasteiger partial charge in [-0.1, -0.05) is 141 Å². The zero-order valence-corrected chi connectivity index (χ0v) is 27.4. The minimum Gasteiger partial charge on any atom is -0.265 e. The highest BCUT2D eigenvalue weighted by Crippen LogP contribution is 2.52. The molecule has 2 heterocycles. The van der Waals surface area contributed by atoms with Gasteiger partial charge in [0.15, 0.2) is 5.82 Å². The lowest BCUT2D eigenvalue weighted by molar-refractivity contribution is 0.661. The molecule has 3 heteroatoms. The van der Waals surface area contributed by atoms with Crippen molar-refractivity contribution in [3.8, 4) is 67.3 Å². The molecule has 3 nitrogen and oxygen atoms in total. The molecule has 49 heavy (non-hydrogen) atoms. The van der Waals surface area contributed by atoms with Crippen LogP contribution in [-0.2, 0) is 5.41 Å². The second kappa shape index (κ2) is 11.5. The molecule has 232 valence electrons. The van der Waals surface area contributed by atoms with Crippen LogP contribution in [0.25, 0.3) is 78.1 Å². The molecule has 0 bridgehead atoms. The molecule has 0 saturated carbocycles. The molecule has 1 aliphatic rings. The van der Waals surface area contributed by atoms with Crippen LogP contribution in [0.3, 0.4) is 0 Å². The van der Waals surface area contributed by atoms with Crippen molar-refractivity contribution in [1.29, 1.82) is 0 Å². The summed E-state index contributed by atoms with van der Waals surface area (Å²) in [6, 6.07) is 54.0. The molecule has 2 aromatic heterocycles. The Morgan fingerprint density at radius 1 is 0.429 bits per heavy atom. The lowest BCUT2D eigenvalue weighted by Crippen LogP contribution is -2.15. The summed E-state index contributed by atoms with van der Waals surface area (Å²) in [4.78, 5) is 14.3. The lowest BCUT2D eigenvalue weighted by atomic mass is 9.81. The molecule has 0 radical (unpaired) electrons. The van der Waals surface area contributed by atoms with Gasteiger partial charge in [-0.05, 0) is 79.5 Å². The zero-order chi connectivity index (χ0) is 33.0. The fourth-order valence-electron chi connectivity index (χ4n) is 7.36. The van der Waals surface area contributed by atoms with E-state index in [1.54, 1.807) is 0 Å². The Hall–Kier alpha value is -6.19. The van der Waals surface area contributed by atoms with E-state index in [-0.39, 0.29) is 5.41 Å². The van der Waals surface area contributed by atoms with E-state index in [1.165, 1.54) is 44.2 Å². The third-order valence-electron chi connectivity index (χ3n) is 10.0. The summed E-state index contributed by atoms with van der Waals surface area (Å²) in [5.74, 6) is 0.703. The van der Waals surface area contributed by atoms with Gasteiger partial charge in [-0.15, -0.1) is 0 Å². The van der Waals surface area contributed by atoms with Gasteiger partial charge < -0.3 is 0 Å². The Kier molecular flexibility index (Phi) is 6.80. The number of aromatic nitrogens is 3. The number of pyridine rings is 1. The molecular formula is C46H33N3. The number of hydrogen-bond donors (Lipinski definition) is 0. The fourth-order valence-corrected chi connectivity index (χ4v) is 7.36. The Morgan fingerprint density at radius 3 is 1.73 bits per heavy atom. The highest BCUT2D eigenvalue weighted by atomic mass is 14.9. The maximum Gasteiger partial charge on any atom is 0.160 e. The van der Waals surface area contributed by atoms with Gasteiger partial charge in [-0.25, -0.2) is 9.97 Å². The molecule has 0 fully saturated rings. The van der Waals surface area contributed by atoms with Crippen molar-refractivity contribution >= 4 is 10.8 Å². The summed E-state index contributed by atoms with van der Waals surface area (Å²) in [7, 11) is 0. The first-order valence-corrected chi connectivity index (χ1v) is 16.8. The monoisotopic (exact) mass is 627 g/mol. The van der Waals surface area contributed by atoms with Crippen LogP contribution in [0, 0.1) is 0 Å². The highest BCUT2D eigenvalue weighted by molar-refractivity contribution is 6.02. The molecule has 0 spiro atoms. The predicted molar refractivity (Wildman–Crippen MR) is 202 cm³/mol. The molecule has 0 atom stereocenters. The Bertz CT molecular complexity index is 2480. The predicted octanol–water partition coefficient (Wildman–Crippen LogP) is 11.7. The lowest BCUT2D eigenvalue weighted by Gasteiger charge is -2.22. The zero-order valence-electron chi connectivity index (χ0n) is 27.4.